The van der Waals surface area contributed by atoms with Gasteiger partial charge in [0, 0.05) is 19.7 Å². The Balaban J connectivity index is 2.18. The Hall–Kier alpha value is -1.30. The van der Waals surface area contributed by atoms with Crippen molar-refractivity contribution in [1.82, 2.24) is 4.90 Å². The van der Waals surface area contributed by atoms with E-state index in [0.717, 1.165) is 0 Å². The molecule has 1 atom stereocenters. The monoisotopic (exact) mass is 297 g/mol. The van der Waals surface area contributed by atoms with Crippen molar-refractivity contribution in [2.45, 2.75) is 45.6 Å². The van der Waals surface area contributed by atoms with Crippen molar-refractivity contribution in [2.24, 2.45) is 28.1 Å². The summed E-state index contributed by atoms with van der Waals surface area (Å²) in [5, 5.41) is 12.2. The number of oxime groups is 1. The Morgan fingerprint density at radius 3 is 2.57 bits per heavy atom. The second kappa shape index (κ2) is 6.22. The van der Waals surface area contributed by atoms with E-state index in [1.54, 1.807) is 7.11 Å². The number of hydrogen-bond acceptors (Lipinski definition) is 4. The molecule has 0 saturated heterocycles. The van der Waals surface area contributed by atoms with Crippen molar-refractivity contribution < 1.29 is 14.7 Å². The quantitative estimate of drug-likeness (QED) is 0.322. The maximum absolute atomic E-state index is 13.1. The summed E-state index contributed by atoms with van der Waals surface area (Å²) in [6, 6.07) is 0.187. The average Bonchev–Trinajstić information content (AvgIpc) is 3.27. The van der Waals surface area contributed by atoms with Crippen LogP contribution in [0.3, 0.4) is 0 Å². The first kappa shape index (κ1) is 16.1. The zero-order valence-corrected chi connectivity index (χ0v) is 13.2. The van der Waals surface area contributed by atoms with E-state index in [1.165, 1.54) is 12.8 Å². The Morgan fingerprint density at radius 1 is 1.52 bits per heavy atom. The number of nitrogens with zero attached hydrogens (tertiary/aromatic N) is 2. The normalized spacial score (nSPS) is 30.6. The summed E-state index contributed by atoms with van der Waals surface area (Å²) in [5.74, 6) is 1.05. The molecule has 120 valence electrons. The van der Waals surface area contributed by atoms with Crippen LogP contribution < -0.4 is 5.73 Å². The number of carbonyl (C=O) groups is 1. The van der Waals surface area contributed by atoms with Crippen LogP contribution in [0.25, 0.3) is 0 Å². The molecule has 0 bridgehead atoms. The summed E-state index contributed by atoms with van der Waals surface area (Å²) in [6.45, 7) is 5.24. The molecule has 2 saturated carbocycles. The van der Waals surface area contributed by atoms with Gasteiger partial charge in [0.15, 0.2) is 5.84 Å². The highest BCUT2D eigenvalue weighted by atomic mass is 16.5. The van der Waals surface area contributed by atoms with E-state index in [0.29, 0.717) is 37.8 Å². The van der Waals surface area contributed by atoms with Gasteiger partial charge in [-0.05, 0) is 44.4 Å². The molecule has 0 aliphatic heterocycles. The van der Waals surface area contributed by atoms with Gasteiger partial charge in [0.05, 0.1) is 6.61 Å². The number of rotatable bonds is 7. The van der Waals surface area contributed by atoms with Crippen LogP contribution >= 0.6 is 0 Å². The van der Waals surface area contributed by atoms with Gasteiger partial charge in [-0.15, -0.1) is 0 Å². The molecule has 0 radical (unpaired) electrons. The summed E-state index contributed by atoms with van der Waals surface area (Å²) in [6.07, 6.45) is 3.65. The molecule has 1 unspecified atom stereocenters. The van der Waals surface area contributed by atoms with Crippen molar-refractivity contribution in [2.75, 3.05) is 20.3 Å². The number of ether oxygens (including phenoxy) is 1. The molecule has 21 heavy (non-hydrogen) atoms. The maximum Gasteiger partial charge on any atom is 0.236 e. The van der Waals surface area contributed by atoms with E-state index in [4.69, 9.17) is 15.7 Å². The van der Waals surface area contributed by atoms with Crippen LogP contribution in [0.1, 0.15) is 39.5 Å². The fourth-order valence-corrected chi connectivity index (χ4v) is 3.51. The van der Waals surface area contributed by atoms with E-state index >= 15 is 0 Å². The first-order valence-corrected chi connectivity index (χ1v) is 7.74. The zero-order valence-electron chi connectivity index (χ0n) is 13.2. The molecule has 2 fully saturated rings. The molecular formula is C15H27N3O3. The van der Waals surface area contributed by atoms with Gasteiger partial charge in [-0.25, -0.2) is 0 Å². The Bertz CT molecular complexity index is 414. The summed E-state index contributed by atoms with van der Waals surface area (Å²) >= 11 is 0. The van der Waals surface area contributed by atoms with Crippen molar-refractivity contribution in [1.29, 1.82) is 0 Å². The van der Waals surface area contributed by atoms with Gasteiger partial charge >= 0.3 is 0 Å². The summed E-state index contributed by atoms with van der Waals surface area (Å²) in [5.41, 5.74) is 5.04. The molecule has 3 N–H and O–H groups in total. The van der Waals surface area contributed by atoms with Gasteiger partial charge in [0.2, 0.25) is 5.91 Å². The lowest BCUT2D eigenvalue weighted by atomic mass is 9.61. The lowest BCUT2D eigenvalue weighted by Gasteiger charge is -2.47. The third kappa shape index (κ3) is 3.00. The minimum Gasteiger partial charge on any atom is -0.409 e. The van der Waals surface area contributed by atoms with E-state index in [9.17, 15) is 4.79 Å². The largest absolute Gasteiger partial charge is 0.409 e. The van der Waals surface area contributed by atoms with E-state index in [-0.39, 0.29) is 17.8 Å². The summed E-state index contributed by atoms with van der Waals surface area (Å²) in [4.78, 5) is 15.0. The molecule has 0 aromatic rings. The standard InChI is InChI=1S/C15H27N3O3/c1-10-8-15(9-10,13(16)17-20)14(19)18(6-7-21-3)11(2)12-4-5-12/h10-12,20H,4-9H2,1-3H3,(H2,16,17). The van der Waals surface area contributed by atoms with Crippen LogP contribution in [-0.4, -0.2) is 48.2 Å². The predicted octanol–water partition coefficient (Wildman–Crippen LogP) is 1.42. The van der Waals surface area contributed by atoms with Crippen molar-refractivity contribution in [3.8, 4) is 0 Å². The highest BCUT2D eigenvalue weighted by Crippen LogP contribution is 2.48. The van der Waals surface area contributed by atoms with Crippen molar-refractivity contribution in [3.63, 3.8) is 0 Å². The highest BCUT2D eigenvalue weighted by Gasteiger charge is 2.54. The molecule has 0 heterocycles. The molecule has 0 spiro atoms. The number of methoxy groups -OCH3 is 1. The first-order chi connectivity index (χ1) is 9.96. The van der Waals surface area contributed by atoms with Crippen LogP contribution in [0.2, 0.25) is 0 Å². The topological polar surface area (TPSA) is 88.2 Å². The van der Waals surface area contributed by atoms with Gasteiger partial charge < -0.3 is 20.6 Å². The average molecular weight is 297 g/mol. The number of amidine groups is 1. The second-order valence-corrected chi connectivity index (χ2v) is 6.65. The van der Waals surface area contributed by atoms with E-state index < -0.39 is 5.41 Å². The molecule has 2 aliphatic rings. The fourth-order valence-electron chi connectivity index (χ4n) is 3.51. The van der Waals surface area contributed by atoms with Crippen molar-refractivity contribution >= 4 is 11.7 Å². The number of nitrogens with two attached hydrogens (primary N) is 1. The van der Waals surface area contributed by atoms with Crippen molar-refractivity contribution in [3.05, 3.63) is 0 Å². The van der Waals surface area contributed by atoms with Crippen LogP contribution in [0.15, 0.2) is 5.16 Å². The van der Waals surface area contributed by atoms with Gasteiger partial charge in [-0.1, -0.05) is 12.1 Å². The second-order valence-electron chi connectivity index (χ2n) is 6.65. The minimum atomic E-state index is -0.814. The Morgan fingerprint density at radius 2 is 2.14 bits per heavy atom. The summed E-state index contributed by atoms with van der Waals surface area (Å²) in [7, 11) is 1.63. The summed E-state index contributed by atoms with van der Waals surface area (Å²) < 4.78 is 5.14. The Labute approximate surface area is 126 Å². The van der Waals surface area contributed by atoms with Gasteiger partial charge in [0.1, 0.15) is 5.41 Å². The van der Waals surface area contributed by atoms with E-state index in [1.807, 2.05) is 4.90 Å². The minimum absolute atomic E-state index is 0.00708. The zero-order chi connectivity index (χ0) is 15.6. The number of carbonyl (C=O) groups excluding carboxylic acids is 1. The fraction of sp³-hybridized carbons (Fsp3) is 0.867. The maximum atomic E-state index is 13.1. The molecule has 2 aliphatic carbocycles. The molecule has 1 amide bonds. The van der Waals surface area contributed by atoms with Gasteiger partial charge in [0.25, 0.3) is 0 Å². The molecule has 2 rings (SSSR count). The Kier molecular flexibility index (Phi) is 4.76. The first-order valence-electron chi connectivity index (χ1n) is 7.74. The van der Waals surface area contributed by atoms with Gasteiger partial charge in [-0.2, -0.15) is 0 Å². The van der Waals surface area contributed by atoms with Crippen LogP contribution in [0.4, 0.5) is 0 Å². The molecular weight excluding hydrogens is 270 g/mol. The predicted molar refractivity (Wildman–Crippen MR) is 80.0 cm³/mol. The smallest absolute Gasteiger partial charge is 0.236 e. The highest BCUT2D eigenvalue weighted by molar-refractivity contribution is 6.07. The van der Waals surface area contributed by atoms with Crippen LogP contribution in [0, 0.1) is 17.3 Å². The van der Waals surface area contributed by atoms with Crippen LogP contribution in [-0.2, 0) is 9.53 Å². The van der Waals surface area contributed by atoms with Gasteiger partial charge in [-0.3, -0.25) is 4.79 Å². The number of amides is 1. The molecule has 0 aromatic carbocycles. The van der Waals surface area contributed by atoms with Crippen LogP contribution in [0.5, 0.6) is 0 Å². The third-order valence-electron chi connectivity index (χ3n) is 4.99. The molecule has 0 aromatic heterocycles. The SMILES string of the molecule is COCCN(C(=O)C1(C(N)=NO)CC(C)C1)C(C)C1CC1. The molecule has 6 nitrogen and oxygen atoms in total. The lowest BCUT2D eigenvalue weighted by Crippen LogP contribution is -2.60. The number of hydrogen-bond donors (Lipinski definition) is 2. The lowest BCUT2D eigenvalue weighted by molar-refractivity contribution is -0.147. The molecule has 6 heteroatoms. The third-order valence-corrected chi connectivity index (χ3v) is 4.99. The van der Waals surface area contributed by atoms with E-state index in [2.05, 4.69) is 19.0 Å².